The van der Waals surface area contributed by atoms with Gasteiger partial charge in [0.05, 0.1) is 42.0 Å². The molecule has 0 saturated carbocycles. The Labute approximate surface area is 404 Å². The average molecular weight is 967 g/mol. The molecule has 0 radical (unpaired) electrons. The normalized spacial score (nSPS) is 18.1. The second-order valence-corrected chi connectivity index (χ2v) is 22.3. The van der Waals surface area contributed by atoms with Crippen molar-refractivity contribution in [2.75, 3.05) is 67.1 Å². The maximum atomic E-state index is 13.7. The van der Waals surface area contributed by atoms with Crippen LogP contribution in [0.1, 0.15) is 59.2 Å². The van der Waals surface area contributed by atoms with Gasteiger partial charge in [0, 0.05) is 79.7 Å². The number of aryl methyl sites for hydroxylation is 1. The zero-order chi connectivity index (χ0) is 48.2. The molecule has 18 heteroatoms. The summed E-state index contributed by atoms with van der Waals surface area (Å²) < 4.78 is 21.5. The van der Waals surface area contributed by atoms with Gasteiger partial charge in [0.2, 0.25) is 17.8 Å². The third-order valence-electron chi connectivity index (χ3n) is 13.9. The predicted octanol–water partition coefficient (Wildman–Crippen LogP) is 8.23. The summed E-state index contributed by atoms with van der Waals surface area (Å²) in [7, 11) is 0.770. The quantitative estimate of drug-likeness (QED) is 0.0835. The van der Waals surface area contributed by atoms with Crippen LogP contribution < -0.4 is 35.8 Å². The highest BCUT2D eigenvalue weighted by Gasteiger charge is 2.45. The summed E-state index contributed by atoms with van der Waals surface area (Å²) in [5, 5.41) is 14.5. The van der Waals surface area contributed by atoms with Gasteiger partial charge in [0.15, 0.2) is 5.82 Å². The Kier molecular flexibility index (Phi) is 12.0. The summed E-state index contributed by atoms with van der Waals surface area (Å²) in [6, 6.07) is 24.3. The predicted molar refractivity (Wildman–Crippen MR) is 268 cm³/mol. The van der Waals surface area contributed by atoms with Crippen LogP contribution in [0.5, 0.6) is 5.75 Å². The van der Waals surface area contributed by atoms with E-state index in [4.69, 9.17) is 21.3 Å². The Morgan fingerprint density at radius 3 is 2.32 bits per heavy atom. The fourth-order valence-electron chi connectivity index (χ4n) is 10.3. The van der Waals surface area contributed by atoms with Crippen LogP contribution in [0.3, 0.4) is 0 Å². The summed E-state index contributed by atoms with van der Waals surface area (Å²) in [5.41, 5.74) is 7.60. The number of methoxy groups -OCH3 is 1. The highest BCUT2D eigenvalue weighted by atomic mass is 35.5. The van der Waals surface area contributed by atoms with Crippen molar-refractivity contribution in [1.29, 1.82) is 0 Å². The number of benzene rings is 4. The second kappa shape index (κ2) is 18.1. The summed E-state index contributed by atoms with van der Waals surface area (Å²) in [6.45, 7) is 6.69. The summed E-state index contributed by atoms with van der Waals surface area (Å²) in [6.07, 6.45) is 9.45. The number of piperidine rings is 3. The lowest BCUT2D eigenvalue weighted by Crippen LogP contribution is -2.54. The molecule has 16 nitrogen and oxygen atoms in total. The minimum atomic E-state index is -2.75. The lowest BCUT2D eigenvalue weighted by atomic mass is 9.72. The van der Waals surface area contributed by atoms with Gasteiger partial charge < -0.3 is 29.7 Å². The number of fused-ring (bicyclic) bond motifs is 1. The molecule has 3 N–H and O–H groups in total. The molecule has 0 aliphatic carbocycles. The summed E-state index contributed by atoms with van der Waals surface area (Å²) in [5.74, 6) is -0.825. The molecule has 3 fully saturated rings. The van der Waals surface area contributed by atoms with Crippen molar-refractivity contribution in [3.05, 3.63) is 114 Å². The van der Waals surface area contributed by atoms with Gasteiger partial charge >= 0.3 is 0 Å². The second-order valence-electron chi connectivity index (χ2n) is 18.8. The molecule has 0 bridgehead atoms. The Morgan fingerprint density at radius 2 is 1.59 bits per heavy atom. The number of imide groups is 2. The molecule has 6 heterocycles. The standard InChI is InChI=1S/C51H52ClN10O6P/c1-59-29-33(27-54-59)36-25-40(56-50-53-28-38(52)46(58-50)55-39-14-11-32(23-44(39)69(3,4)67)31-9-6-5-7-10-31)43(68-2)26-42(36)60-21-18-51(19-22-60)17-8-20-61(30-51)34-12-13-35-37(24-34)49(66)62(48(35)65)41-15-16-45(63)57-47(41)64/h5-7,9-14,23-29,41H,8,15-22,30H2,1-4H3,(H,57,63,64)(H2,53,55,56,58). The molecular formula is C51H52ClN10O6P. The number of hydrogen-bond donors (Lipinski definition) is 3. The third-order valence-corrected chi connectivity index (χ3v) is 15.7. The molecular weight excluding hydrogens is 915 g/mol. The molecule has 1 spiro atoms. The molecule has 354 valence electrons. The Hall–Kier alpha value is -7.03. The van der Waals surface area contributed by atoms with Gasteiger partial charge in [-0.3, -0.25) is 34.1 Å². The minimum Gasteiger partial charge on any atom is -0.494 e. The van der Waals surface area contributed by atoms with Gasteiger partial charge in [-0.2, -0.15) is 10.1 Å². The maximum Gasteiger partial charge on any atom is 0.262 e. The van der Waals surface area contributed by atoms with Gasteiger partial charge in [-0.25, -0.2) is 4.98 Å². The van der Waals surface area contributed by atoms with Gasteiger partial charge in [-0.15, -0.1) is 0 Å². The van der Waals surface area contributed by atoms with Crippen molar-refractivity contribution in [3.8, 4) is 28.0 Å². The average Bonchev–Trinajstić information content (AvgIpc) is 3.89. The highest BCUT2D eigenvalue weighted by Crippen LogP contribution is 2.47. The third kappa shape index (κ3) is 8.94. The minimum absolute atomic E-state index is 0.0277. The smallest absolute Gasteiger partial charge is 0.262 e. The Bertz CT molecular complexity index is 3090. The van der Waals surface area contributed by atoms with Crippen LogP contribution in [0, 0.1) is 5.41 Å². The molecule has 2 aromatic heterocycles. The number of aromatic nitrogens is 4. The van der Waals surface area contributed by atoms with Crippen LogP contribution in [0.2, 0.25) is 5.02 Å². The van der Waals surface area contributed by atoms with E-state index in [0.717, 1.165) is 90.4 Å². The molecule has 3 saturated heterocycles. The molecule has 6 aromatic rings. The highest BCUT2D eigenvalue weighted by molar-refractivity contribution is 7.70. The van der Waals surface area contributed by atoms with Crippen LogP contribution >= 0.6 is 18.7 Å². The van der Waals surface area contributed by atoms with Crippen molar-refractivity contribution in [2.24, 2.45) is 12.5 Å². The summed E-state index contributed by atoms with van der Waals surface area (Å²) >= 11 is 6.71. The Balaban J connectivity index is 0.875. The maximum absolute atomic E-state index is 13.7. The number of halogens is 1. The first-order chi connectivity index (χ1) is 33.2. The van der Waals surface area contributed by atoms with Crippen molar-refractivity contribution >= 4 is 82.2 Å². The van der Waals surface area contributed by atoms with Crippen molar-refractivity contribution in [1.82, 2.24) is 30.0 Å². The van der Waals surface area contributed by atoms with Crippen LogP contribution in [-0.4, -0.2) is 101 Å². The molecule has 1 atom stereocenters. The summed E-state index contributed by atoms with van der Waals surface area (Å²) in [4.78, 5) is 66.6. The number of nitrogens with one attached hydrogen (secondary N) is 3. The number of carbonyl (C=O) groups is 4. The first-order valence-electron chi connectivity index (χ1n) is 23.1. The topological polar surface area (TPSA) is 184 Å². The number of hydrogen-bond acceptors (Lipinski definition) is 13. The van der Waals surface area contributed by atoms with Crippen molar-refractivity contribution in [2.45, 2.75) is 44.6 Å². The van der Waals surface area contributed by atoms with E-state index in [0.29, 0.717) is 33.3 Å². The van der Waals surface area contributed by atoms with Crippen LogP contribution in [0.15, 0.2) is 97.5 Å². The van der Waals surface area contributed by atoms with E-state index < -0.39 is 36.8 Å². The zero-order valence-corrected chi connectivity index (χ0v) is 40.4. The van der Waals surface area contributed by atoms with E-state index in [-0.39, 0.29) is 35.3 Å². The number of ether oxygens (including phenoxy) is 1. The zero-order valence-electron chi connectivity index (χ0n) is 38.8. The van der Waals surface area contributed by atoms with E-state index in [1.165, 1.54) is 6.20 Å². The molecule has 69 heavy (non-hydrogen) atoms. The van der Waals surface area contributed by atoms with Gasteiger partial charge in [0.1, 0.15) is 24.0 Å². The van der Waals surface area contributed by atoms with Crippen LogP contribution in [0.25, 0.3) is 22.3 Å². The van der Waals surface area contributed by atoms with Crippen molar-refractivity contribution < 1.29 is 28.5 Å². The van der Waals surface area contributed by atoms with E-state index >= 15 is 0 Å². The molecule has 4 aliphatic heterocycles. The molecule has 4 aliphatic rings. The van der Waals surface area contributed by atoms with E-state index in [9.17, 15) is 23.7 Å². The van der Waals surface area contributed by atoms with Gasteiger partial charge in [0.25, 0.3) is 11.8 Å². The molecule has 1 unspecified atom stereocenters. The molecule has 4 aromatic carbocycles. The number of anilines is 6. The number of nitrogens with zero attached hydrogens (tertiary/aromatic N) is 7. The molecule has 4 amide bonds. The van der Waals surface area contributed by atoms with Crippen molar-refractivity contribution in [3.63, 3.8) is 0 Å². The van der Waals surface area contributed by atoms with Gasteiger partial charge in [-0.1, -0.05) is 48.0 Å². The van der Waals surface area contributed by atoms with E-state index in [2.05, 4.69) is 35.8 Å². The van der Waals surface area contributed by atoms with Gasteiger partial charge in [-0.05, 0) is 98.4 Å². The Morgan fingerprint density at radius 1 is 0.812 bits per heavy atom. The largest absolute Gasteiger partial charge is 0.494 e. The number of amides is 4. The lowest BCUT2D eigenvalue weighted by molar-refractivity contribution is -0.136. The van der Waals surface area contributed by atoms with Crippen LogP contribution in [0.4, 0.5) is 34.5 Å². The lowest BCUT2D eigenvalue weighted by Gasteiger charge is -2.49. The SMILES string of the molecule is COc1cc(N2CCC3(CCCN(c4ccc5c(c4)C(=O)N(C4CCC(=O)NC4=O)C5=O)C3)CC2)c(-c2cnn(C)c2)cc1Nc1ncc(Cl)c(Nc2ccc(-c3ccccc3)cc2P(C)(C)=O)n1. The number of carbonyl (C=O) groups excluding carboxylic acids is 4. The van der Waals surface area contributed by atoms with Crippen LogP contribution in [-0.2, 0) is 21.2 Å². The first-order valence-corrected chi connectivity index (χ1v) is 26.0. The molecule has 10 rings (SSSR count). The fraction of sp³-hybridized carbons (Fsp3) is 0.314. The fourth-order valence-corrected chi connectivity index (χ4v) is 11.6. The monoisotopic (exact) mass is 966 g/mol. The van der Waals surface area contributed by atoms with E-state index in [1.807, 2.05) is 86.2 Å². The number of rotatable bonds is 11. The first kappa shape index (κ1) is 45.7. The van der Waals surface area contributed by atoms with E-state index in [1.54, 1.807) is 37.3 Å².